The minimum absolute atomic E-state index is 0.313. The van der Waals surface area contributed by atoms with Crippen molar-refractivity contribution in [3.8, 4) is 0 Å². The largest absolute Gasteiger partial charge is 0.456 e. The molecule has 0 radical (unpaired) electrons. The number of carbonyl (C=O) groups excluding carboxylic acids is 2. The summed E-state index contributed by atoms with van der Waals surface area (Å²) in [4.78, 5) is 32.2. The molecule has 26 heavy (non-hydrogen) atoms. The van der Waals surface area contributed by atoms with E-state index in [9.17, 15) is 9.59 Å². The molecule has 0 aliphatic rings. The topological polar surface area (TPSA) is 84.1 Å². The number of rotatable bonds is 3. The lowest BCUT2D eigenvalue weighted by Crippen LogP contribution is -2.24. The molecule has 2 N–H and O–H groups in total. The summed E-state index contributed by atoms with van der Waals surface area (Å²) >= 11 is 0. The van der Waals surface area contributed by atoms with Crippen LogP contribution in [0, 0.1) is 6.92 Å². The SMILES string of the molecule is Cc1ccc(C(=O)Nc2cnc3[nH]ccc3c2)cc1C(=O)OC(C)(C)C. The third kappa shape index (κ3) is 3.91. The van der Waals surface area contributed by atoms with Gasteiger partial charge in [-0.15, -0.1) is 0 Å². The highest BCUT2D eigenvalue weighted by atomic mass is 16.6. The Balaban J connectivity index is 1.83. The van der Waals surface area contributed by atoms with E-state index in [0.29, 0.717) is 16.8 Å². The Hall–Kier alpha value is -3.15. The van der Waals surface area contributed by atoms with Gasteiger partial charge in [0.25, 0.3) is 5.91 Å². The second kappa shape index (κ2) is 6.63. The molecule has 2 heterocycles. The Morgan fingerprint density at radius 2 is 1.92 bits per heavy atom. The molecule has 0 aliphatic carbocycles. The number of amides is 1. The van der Waals surface area contributed by atoms with E-state index >= 15 is 0 Å². The number of fused-ring (bicyclic) bond motifs is 1. The number of pyridine rings is 1. The van der Waals surface area contributed by atoms with Gasteiger partial charge in [0, 0.05) is 17.1 Å². The number of H-pyrrole nitrogens is 1. The van der Waals surface area contributed by atoms with Crippen LogP contribution in [0.15, 0.2) is 42.7 Å². The number of benzene rings is 1. The summed E-state index contributed by atoms with van der Waals surface area (Å²) in [5.74, 6) is -0.758. The summed E-state index contributed by atoms with van der Waals surface area (Å²) in [6.07, 6.45) is 3.37. The quantitative estimate of drug-likeness (QED) is 0.697. The molecule has 2 aromatic heterocycles. The van der Waals surface area contributed by atoms with E-state index in [1.54, 1.807) is 51.4 Å². The molecule has 6 heteroatoms. The maximum absolute atomic E-state index is 12.6. The van der Waals surface area contributed by atoms with Crippen LogP contribution >= 0.6 is 0 Å². The van der Waals surface area contributed by atoms with Crippen LogP contribution in [0.4, 0.5) is 5.69 Å². The summed E-state index contributed by atoms with van der Waals surface area (Å²) in [6, 6.07) is 8.69. The number of hydrogen-bond donors (Lipinski definition) is 2. The van der Waals surface area contributed by atoms with Crippen LogP contribution in [0.3, 0.4) is 0 Å². The van der Waals surface area contributed by atoms with Gasteiger partial charge in [0.05, 0.1) is 17.4 Å². The van der Waals surface area contributed by atoms with Crippen LogP contribution in [0.5, 0.6) is 0 Å². The summed E-state index contributed by atoms with van der Waals surface area (Å²) in [5, 5.41) is 3.71. The molecule has 0 unspecified atom stereocenters. The van der Waals surface area contributed by atoms with Gasteiger partial charge < -0.3 is 15.0 Å². The van der Waals surface area contributed by atoms with Gasteiger partial charge in [-0.1, -0.05) is 6.07 Å². The van der Waals surface area contributed by atoms with Crippen LogP contribution in [0.25, 0.3) is 11.0 Å². The number of aromatic amines is 1. The third-order valence-electron chi connectivity index (χ3n) is 3.78. The number of carbonyl (C=O) groups is 2. The van der Waals surface area contributed by atoms with Crippen molar-refractivity contribution in [3.63, 3.8) is 0 Å². The van der Waals surface area contributed by atoms with Crippen LogP contribution < -0.4 is 5.32 Å². The first kappa shape index (κ1) is 17.7. The van der Waals surface area contributed by atoms with Crippen molar-refractivity contribution in [1.29, 1.82) is 0 Å². The highest BCUT2D eigenvalue weighted by Gasteiger charge is 2.20. The number of hydrogen-bond acceptors (Lipinski definition) is 4. The van der Waals surface area contributed by atoms with Crippen molar-refractivity contribution in [2.24, 2.45) is 0 Å². The van der Waals surface area contributed by atoms with Crippen molar-refractivity contribution in [3.05, 3.63) is 59.4 Å². The fourth-order valence-electron chi connectivity index (χ4n) is 2.53. The normalized spacial score (nSPS) is 11.4. The molecule has 134 valence electrons. The van der Waals surface area contributed by atoms with E-state index in [-0.39, 0.29) is 5.91 Å². The Bertz CT molecular complexity index is 983. The molecule has 1 amide bonds. The molecule has 0 spiro atoms. The number of ether oxygens (including phenoxy) is 1. The zero-order chi connectivity index (χ0) is 18.9. The number of nitrogens with zero attached hydrogens (tertiary/aromatic N) is 1. The molecule has 0 atom stereocenters. The summed E-state index contributed by atoms with van der Waals surface area (Å²) < 4.78 is 5.41. The zero-order valence-electron chi connectivity index (χ0n) is 15.2. The minimum atomic E-state index is -0.598. The first-order chi connectivity index (χ1) is 12.2. The lowest BCUT2D eigenvalue weighted by atomic mass is 10.0. The van der Waals surface area contributed by atoms with E-state index in [0.717, 1.165) is 16.6 Å². The number of esters is 1. The zero-order valence-corrected chi connectivity index (χ0v) is 15.2. The van der Waals surface area contributed by atoms with Crippen molar-refractivity contribution in [2.45, 2.75) is 33.3 Å². The number of aryl methyl sites for hydroxylation is 1. The second-order valence-electron chi connectivity index (χ2n) is 7.13. The van der Waals surface area contributed by atoms with Crippen LogP contribution in [-0.2, 0) is 4.74 Å². The van der Waals surface area contributed by atoms with Crippen molar-refractivity contribution < 1.29 is 14.3 Å². The van der Waals surface area contributed by atoms with Gasteiger partial charge >= 0.3 is 5.97 Å². The van der Waals surface area contributed by atoms with Crippen molar-refractivity contribution >= 4 is 28.6 Å². The molecule has 3 aromatic rings. The highest BCUT2D eigenvalue weighted by Crippen LogP contribution is 2.19. The Morgan fingerprint density at radius 1 is 1.15 bits per heavy atom. The van der Waals surface area contributed by atoms with E-state index in [1.165, 1.54) is 0 Å². The van der Waals surface area contributed by atoms with Gasteiger partial charge in [-0.3, -0.25) is 4.79 Å². The average Bonchev–Trinajstić information content (AvgIpc) is 3.01. The Morgan fingerprint density at radius 3 is 2.65 bits per heavy atom. The molecule has 3 rings (SSSR count). The molecular weight excluding hydrogens is 330 g/mol. The lowest BCUT2D eigenvalue weighted by Gasteiger charge is -2.20. The van der Waals surface area contributed by atoms with Gasteiger partial charge in [-0.2, -0.15) is 0 Å². The minimum Gasteiger partial charge on any atom is -0.456 e. The van der Waals surface area contributed by atoms with Gasteiger partial charge in [0.15, 0.2) is 0 Å². The number of nitrogens with one attached hydrogen (secondary N) is 2. The van der Waals surface area contributed by atoms with Crippen molar-refractivity contribution in [2.75, 3.05) is 5.32 Å². The molecule has 1 aromatic carbocycles. The monoisotopic (exact) mass is 351 g/mol. The molecule has 6 nitrogen and oxygen atoms in total. The van der Waals surface area contributed by atoms with E-state index in [2.05, 4.69) is 15.3 Å². The fraction of sp³-hybridized carbons (Fsp3) is 0.250. The van der Waals surface area contributed by atoms with Crippen molar-refractivity contribution in [1.82, 2.24) is 9.97 Å². The predicted molar refractivity (Wildman–Crippen MR) is 100 cm³/mol. The van der Waals surface area contributed by atoms with Gasteiger partial charge in [-0.05, 0) is 57.5 Å². The third-order valence-corrected chi connectivity index (χ3v) is 3.78. The van der Waals surface area contributed by atoms with Gasteiger partial charge in [0.2, 0.25) is 0 Å². The molecule has 0 fully saturated rings. The molecule has 0 saturated heterocycles. The first-order valence-electron chi connectivity index (χ1n) is 8.31. The maximum atomic E-state index is 12.6. The Kier molecular flexibility index (Phi) is 4.50. The van der Waals surface area contributed by atoms with Gasteiger partial charge in [0.1, 0.15) is 11.2 Å². The molecule has 0 aliphatic heterocycles. The molecule has 0 bridgehead atoms. The maximum Gasteiger partial charge on any atom is 0.338 e. The van der Waals surface area contributed by atoms with E-state index in [1.807, 2.05) is 19.1 Å². The summed E-state index contributed by atoms with van der Waals surface area (Å²) in [7, 11) is 0. The Labute approximate surface area is 151 Å². The van der Waals surface area contributed by atoms with Gasteiger partial charge in [-0.25, -0.2) is 9.78 Å². The molecule has 0 saturated carbocycles. The number of anilines is 1. The smallest absolute Gasteiger partial charge is 0.338 e. The standard InChI is InChI=1S/C20H21N3O3/c1-12-5-6-14(10-16(12)19(25)26-20(2,3)4)18(24)23-15-9-13-7-8-21-17(13)22-11-15/h5-11H,1-4H3,(H,21,22)(H,23,24). The van der Waals surface area contributed by atoms with E-state index < -0.39 is 11.6 Å². The van der Waals surface area contributed by atoms with Crippen LogP contribution in [0.1, 0.15) is 47.1 Å². The average molecular weight is 351 g/mol. The summed E-state index contributed by atoms with van der Waals surface area (Å²) in [6.45, 7) is 7.23. The predicted octanol–water partition coefficient (Wildman–Crippen LogP) is 4.08. The second-order valence-corrected chi connectivity index (χ2v) is 7.13. The first-order valence-corrected chi connectivity index (χ1v) is 8.31. The highest BCUT2D eigenvalue weighted by molar-refractivity contribution is 6.06. The molecular formula is C20H21N3O3. The lowest BCUT2D eigenvalue weighted by molar-refractivity contribution is 0.00687. The number of aromatic nitrogens is 2. The fourth-order valence-corrected chi connectivity index (χ4v) is 2.53. The van der Waals surface area contributed by atoms with E-state index in [4.69, 9.17) is 4.74 Å². The van der Waals surface area contributed by atoms with Crippen LogP contribution in [-0.4, -0.2) is 27.4 Å². The summed E-state index contributed by atoms with van der Waals surface area (Å²) in [5.41, 5.74) is 2.26. The van der Waals surface area contributed by atoms with Crippen LogP contribution in [0.2, 0.25) is 0 Å².